The second-order valence-electron chi connectivity index (χ2n) is 3.48. The van der Waals surface area contributed by atoms with E-state index in [2.05, 4.69) is 10.8 Å². The second-order valence-corrected chi connectivity index (χ2v) is 3.48. The highest BCUT2D eigenvalue weighted by Gasteiger charge is 2.08. The van der Waals surface area contributed by atoms with Crippen LogP contribution in [0.2, 0.25) is 0 Å². The fraction of sp³-hybridized carbons (Fsp3) is 0.0769. The van der Waals surface area contributed by atoms with Crippen molar-refractivity contribution in [3.05, 3.63) is 66.2 Å². The van der Waals surface area contributed by atoms with Crippen molar-refractivity contribution in [2.24, 2.45) is 0 Å². The molecule has 0 saturated carbocycles. The zero-order chi connectivity index (χ0) is 11.2. The number of hydrogen-bond donors (Lipinski definition) is 3. The van der Waals surface area contributed by atoms with E-state index in [1.165, 1.54) is 0 Å². The molecule has 3 nitrogen and oxygen atoms in total. The van der Waals surface area contributed by atoms with Gasteiger partial charge in [0.25, 0.3) is 0 Å². The molecule has 1 atom stereocenters. The molecular formula is C13H14N2O. The predicted molar refractivity (Wildman–Crippen MR) is 64.2 cm³/mol. The molecule has 82 valence electrons. The normalized spacial score (nSPS) is 12.1. The summed E-state index contributed by atoms with van der Waals surface area (Å²) in [6.45, 7) is 0. The Hall–Kier alpha value is -1.84. The van der Waals surface area contributed by atoms with Crippen LogP contribution < -0.4 is 10.8 Å². The van der Waals surface area contributed by atoms with E-state index in [1.54, 1.807) is 0 Å². The number of anilines is 1. The largest absolute Gasteiger partial charge is 0.364 e. The zero-order valence-electron chi connectivity index (χ0n) is 8.80. The molecule has 0 spiro atoms. The van der Waals surface area contributed by atoms with Crippen LogP contribution in [0.4, 0.5) is 5.69 Å². The Bertz CT molecular complexity index is 416. The third-order valence-electron chi connectivity index (χ3n) is 2.35. The molecule has 3 heteroatoms. The predicted octanol–water partition coefficient (Wildman–Crippen LogP) is 2.78. The molecule has 2 aromatic rings. The van der Waals surface area contributed by atoms with Crippen molar-refractivity contribution in [2.75, 3.05) is 5.32 Å². The minimum atomic E-state index is -0.302. The van der Waals surface area contributed by atoms with Crippen molar-refractivity contribution >= 4 is 5.69 Å². The third kappa shape index (κ3) is 2.59. The minimum Gasteiger partial charge on any atom is -0.364 e. The Morgan fingerprint density at radius 1 is 0.812 bits per heavy atom. The first-order valence-electron chi connectivity index (χ1n) is 5.16. The average molecular weight is 214 g/mol. The molecule has 0 aliphatic heterocycles. The summed E-state index contributed by atoms with van der Waals surface area (Å²) >= 11 is 0. The fourth-order valence-electron chi connectivity index (χ4n) is 1.54. The van der Waals surface area contributed by atoms with E-state index in [9.17, 15) is 0 Å². The smallest absolute Gasteiger partial charge is 0.126 e. The summed E-state index contributed by atoms with van der Waals surface area (Å²) in [7, 11) is 0. The summed E-state index contributed by atoms with van der Waals surface area (Å²) in [5.74, 6) is 0. The van der Waals surface area contributed by atoms with Gasteiger partial charge in [0.05, 0.1) is 0 Å². The van der Waals surface area contributed by atoms with Gasteiger partial charge in [0, 0.05) is 5.69 Å². The van der Waals surface area contributed by atoms with Crippen molar-refractivity contribution in [3.63, 3.8) is 0 Å². The summed E-state index contributed by atoms with van der Waals surface area (Å²) in [6.07, 6.45) is -0.302. The molecule has 3 N–H and O–H groups in total. The number of rotatable bonds is 4. The Kier molecular flexibility index (Phi) is 3.53. The van der Waals surface area contributed by atoms with Crippen molar-refractivity contribution in [1.82, 2.24) is 5.48 Å². The van der Waals surface area contributed by atoms with Crippen LogP contribution in [-0.2, 0) is 0 Å². The van der Waals surface area contributed by atoms with Crippen molar-refractivity contribution in [2.45, 2.75) is 6.17 Å². The van der Waals surface area contributed by atoms with E-state index in [4.69, 9.17) is 5.21 Å². The number of hydrogen-bond acceptors (Lipinski definition) is 3. The molecule has 2 rings (SSSR count). The van der Waals surface area contributed by atoms with Crippen LogP contribution in [0.25, 0.3) is 0 Å². The highest BCUT2D eigenvalue weighted by atomic mass is 16.5. The lowest BCUT2D eigenvalue weighted by molar-refractivity contribution is 0.137. The van der Waals surface area contributed by atoms with Crippen molar-refractivity contribution in [1.29, 1.82) is 0 Å². The van der Waals surface area contributed by atoms with Gasteiger partial charge < -0.3 is 10.5 Å². The van der Waals surface area contributed by atoms with Gasteiger partial charge in [0.2, 0.25) is 0 Å². The molecule has 16 heavy (non-hydrogen) atoms. The molecule has 0 aliphatic carbocycles. The summed E-state index contributed by atoms with van der Waals surface area (Å²) < 4.78 is 0. The average Bonchev–Trinajstić information content (AvgIpc) is 2.38. The van der Waals surface area contributed by atoms with Gasteiger partial charge in [-0.2, -0.15) is 5.48 Å². The standard InChI is InChI=1S/C13H14N2O/c16-15-13(11-7-3-1-4-8-11)14-12-9-5-2-6-10-12/h1-10,13-16H. The molecule has 0 radical (unpaired) electrons. The molecule has 0 aromatic heterocycles. The number of nitrogens with one attached hydrogen (secondary N) is 2. The minimum absolute atomic E-state index is 0.302. The molecule has 0 amide bonds. The molecule has 0 aliphatic rings. The molecule has 0 fully saturated rings. The van der Waals surface area contributed by atoms with Gasteiger partial charge in [-0.05, 0) is 17.7 Å². The summed E-state index contributed by atoms with van der Waals surface area (Å²) in [4.78, 5) is 0. The summed E-state index contributed by atoms with van der Waals surface area (Å²) in [5.41, 5.74) is 4.19. The lowest BCUT2D eigenvalue weighted by atomic mass is 10.1. The van der Waals surface area contributed by atoms with Gasteiger partial charge >= 0.3 is 0 Å². The van der Waals surface area contributed by atoms with Crippen LogP contribution in [0.5, 0.6) is 0 Å². The van der Waals surface area contributed by atoms with Crippen molar-refractivity contribution < 1.29 is 5.21 Å². The Balaban J connectivity index is 2.13. The van der Waals surface area contributed by atoms with Gasteiger partial charge in [-0.25, -0.2) is 0 Å². The van der Waals surface area contributed by atoms with E-state index < -0.39 is 0 Å². The molecule has 0 saturated heterocycles. The van der Waals surface area contributed by atoms with E-state index in [-0.39, 0.29) is 6.17 Å². The van der Waals surface area contributed by atoms with E-state index in [0.29, 0.717) is 0 Å². The van der Waals surface area contributed by atoms with Crippen LogP contribution in [-0.4, -0.2) is 5.21 Å². The molecule has 0 bridgehead atoms. The lowest BCUT2D eigenvalue weighted by Gasteiger charge is -2.18. The Morgan fingerprint density at radius 3 is 1.94 bits per heavy atom. The Labute approximate surface area is 94.7 Å². The van der Waals surface area contributed by atoms with Crippen LogP contribution in [0.15, 0.2) is 60.7 Å². The monoisotopic (exact) mass is 214 g/mol. The highest BCUT2D eigenvalue weighted by Crippen LogP contribution is 2.16. The number of para-hydroxylation sites is 1. The quantitative estimate of drug-likeness (QED) is 0.541. The molecular weight excluding hydrogens is 200 g/mol. The first kappa shape index (κ1) is 10.7. The maximum Gasteiger partial charge on any atom is 0.126 e. The number of benzene rings is 2. The van der Waals surface area contributed by atoms with Crippen LogP contribution in [0, 0.1) is 0 Å². The van der Waals surface area contributed by atoms with Gasteiger partial charge in [0.15, 0.2) is 0 Å². The van der Waals surface area contributed by atoms with Crippen molar-refractivity contribution in [3.8, 4) is 0 Å². The molecule has 0 heterocycles. The topological polar surface area (TPSA) is 44.3 Å². The fourth-order valence-corrected chi connectivity index (χ4v) is 1.54. The second kappa shape index (κ2) is 5.30. The molecule has 1 unspecified atom stereocenters. The SMILES string of the molecule is ONC(Nc1ccccc1)c1ccccc1. The first-order chi connectivity index (χ1) is 7.90. The highest BCUT2D eigenvalue weighted by molar-refractivity contribution is 5.44. The maximum absolute atomic E-state index is 9.13. The van der Waals surface area contributed by atoms with Gasteiger partial charge in [-0.3, -0.25) is 0 Å². The first-order valence-corrected chi connectivity index (χ1v) is 5.16. The van der Waals surface area contributed by atoms with E-state index in [1.807, 2.05) is 60.7 Å². The van der Waals surface area contributed by atoms with Crippen LogP contribution in [0.3, 0.4) is 0 Å². The zero-order valence-corrected chi connectivity index (χ0v) is 8.80. The van der Waals surface area contributed by atoms with E-state index >= 15 is 0 Å². The number of hydroxylamine groups is 1. The van der Waals surface area contributed by atoms with E-state index in [0.717, 1.165) is 11.3 Å². The maximum atomic E-state index is 9.13. The lowest BCUT2D eigenvalue weighted by Crippen LogP contribution is -2.24. The van der Waals surface area contributed by atoms with Gasteiger partial charge in [-0.15, -0.1) is 0 Å². The van der Waals surface area contributed by atoms with Crippen LogP contribution in [0.1, 0.15) is 11.7 Å². The summed E-state index contributed by atoms with van der Waals surface area (Å²) in [5, 5.41) is 12.3. The van der Waals surface area contributed by atoms with Gasteiger partial charge in [-0.1, -0.05) is 48.5 Å². The summed E-state index contributed by atoms with van der Waals surface area (Å²) in [6, 6.07) is 19.5. The third-order valence-corrected chi connectivity index (χ3v) is 2.35. The Morgan fingerprint density at radius 2 is 1.38 bits per heavy atom. The van der Waals surface area contributed by atoms with Gasteiger partial charge in [0.1, 0.15) is 6.17 Å². The molecule has 2 aromatic carbocycles. The van der Waals surface area contributed by atoms with Crippen LogP contribution >= 0.6 is 0 Å².